The van der Waals surface area contributed by atoms with Crippen molar-refractivity contribution in [2.45, 2.75) is 44.7 Å². The van der Waals surface area contributed by atoms with Crippen molar-refractivity contribution in [1.82, 2.24) is 14.5 Å². The van der Waals surface area contributed by atoms with Crippen LogP contribution < -0.4 is 5.32 Å². The average Bonchev–Trinajstić information content (AvgIpc) is 2.39. The maximum Gasteiger partial charge on any atom is 0.211 e. The van der Waals surface area contributed by atoms with E-state index >= 15 is 0 Å². The molecule has 1 aliphatic carbocycles. The van der Waals surface area contributed by atoms with Crippen molar-refractivity contribution in [1.29, 1.82) is 0 Å². The van der Waals surface area contributed by atoms with Gasteiger partial charge in [-0.15, -0.1) is 0 Å². The SMILES string of the molecule is CCNC1CCC(N2CCN(S(C)(=O)=O)CC2)CC1. The predicted octanol–water partition coefficient (Wildman–Crippen LogP) is 0.484. The molecule has 0 bridgehead atoms. The Balaban J connectivity index is 1.77. The summed E-state index contributed by atoms with van der Waals surface area (Å²) in [5.41, 5.74) is 0. The van der Waals surface area contributed by atoms with Gasteiger partial charge in [-0.05, 0) is 32.2 Å². The fourth-order valence-electron chi connectivity index (χ4n) is 3.33. The highest BCUT2D eigenvalue weighted by atomic mass is 32.2. The van der Waals surface area contributed by atoms with Gasteiger partial charge in [-0.25, -0.2) is 8.42 Å². The van der Waals surface area contributed by atoms with Gasteiger partial charge in [-0.2, -0.15) is 4.31 Å². The minimum absolute atomic E-state index is 0.659. The number of hydrogen-bond donors (Lipinski definition) is 1. The van der Waals surface area contributed by atoms with Gasteiger partial charge in [0.2, 0.25) is 10.0 Å². The van der Waals surface area contributed by atoms with E-state index in [4.69, 9.17) is 0 Å². The molecular weight excluding hydrogens is 262 g/mol. The Labute approximate surface area is 117 Å². The molecular formula is C13H27N3O2S. The van der Waals surface area contributed by atoms with E-state index in [2.05, 4.69) is 17.1 Å². The summed E-state index contributed by atoms with van der Waals surface area (Å²) in [5.74, 6) is 0. The third kappa shape index (κ3) is 4.15. The number of sulfonamides is 1. The van der Waals surface area contributed by atoms with Crippen LogP contribution in [0.1, 0.15) is 32.6 Å². The average molecular weight is 289 g/mol. The molecule has 0 aromatic heterocycles. The molecule has 0 radical (unpaired) electrons. The van der Waals surface area contributed by atoms with Crippen molar-refractivity contribution in [3.63, 3.8) is 0 Å². The predicted molar refractivity (Wildman–Crippen MR) is 77.7 cm³/mol. The fraction of sp³-hybridized carbons (Fsp3) is 1.00. The zero-order valence-corrected chi connectivity index (χ0v) is 13.0. The van der Waals surface area contributed by atoms with Crippen molar-refractivity contribution in [3.8, 4) is 0 Å². The number of nitrogens with one attached hydrogen (secondary N) is 1. The Morgan fingerprint density at radius 1 is 1.05 bits per heavy atom. The molecule has 1 aliphatic heterocycles. The standard InChI is InChI=1S/C13H27N3O2S/c1-3-14-12-4-6-13(7-5-12)15-8-10-16(11-9-15)19(2,17)18/h12-14H,3-11H2,1-2H3. The highest BCUT2D eigenvalue weighted by molar-refractivity contribution is 7.88. The van der Waals surface area contributed by atoms with Crippen molar-refractivity contribution >= 4 is 10.0 Å². The molecule has 2 fully saturated rings. The van der Waals surface area contributed by atoms with Gasteiger partial charge >= 0.3 is 0 Å². The summed E-state index contributed by atoms with van der Waals surface area (Å²) in [4.78, 5) is 2.49. The van der Waals surface area contributed by atoms with Gasteiger partial charge in [-0.3, -0.25) is 4.90 Å². The lowest BCUT2D eigenvalue weighted by Gasteiger charge is -2.41. The van der Waals surface area contributed by atoms with Crippen molar-refractivity contribution in [2.75, 3.05) is 39.0 Å². The van der Waals surface area contributed by atoms with Gasteiger partial charge < -0.3 is 5.32 Å². The quantitative estimate of drug-likeness (QED) is 0.818. The number of piperazine rings is 1. The summed E-state index contributed by atoms with van der Waals surface area (Å²) in [6.45, 7) is 6.32. The van der Waals surface area contributed by atoms with E-state index in [9.17, 15) is 8.42 Å². The van der Waals surface area contributed by atoms with Gasteiger partial charge in [0, 0.05) is 38.3 Å². The van der Waals surface area contributed by atoms with E-state index in [0.29, 0.717) is 25.2 Å². The second-order valence-corrected chi connectivity index (χ2v) is 7.74. The molecule has 5 nitrogen and oxygen atoms in total. The van der Waals surface area contributed by atoms with Gasteiger partial charge in [0.15, 0.2) is 0 Å². The number of nitrogens with zero attached hydrogens (tertiary/aromatic N) is 2. The molecule has 0 aromatic rings. The van der Waals surface area contributed by atoms with E-state index in [-0.39, 0.29) is 0 Å². The zero-order valence-electron chi connectivity index (χ0n) is 12.1. The molecule has 1 N–H and O–H groups in total. The van der Waals surface area contributed by atoms with Crippen LogP contribution >= 0.6 is 0 Å². The van der Waals surface area contributed by atoms with E-state index < -0.39 is 10.0 Å². The van der Waals surface area contributed by atoms with Gasteiger partial charge in [0.1, 0.15) is 0 Å². The summed E-state index contributed by atoms with van der Waals surface area (Å²) in [5, 5.41) is 3.53. The fourth-order valence-corrected chi connectivity index (χ4v) is 4.16. The maximum absolute atomic E-state index is 11.5. The first-order valence-corrected chi connectivity index (χ1v) is 9.28. The summed E-state index contributed by atoms with van der Waals surface area (Å²) in [6.07, 6.45) is 6.31. The molecule has 2 rings (SSSR count). The Hall–Kier alpha value is -0.170. The molecule has 1 heterocycles. The second kappa shape index (κ2) is 6.52. The minimum Gasteiger partial charge on any atom is -0.314 e. The molecule has 1 saturated carbocycles. The van der Waals surface area contributed by atoms with Crippen LogP contribution in [-0.4, -0.2) is 68.7 Å². The Morgan fingerprint density at radius 2 is 1.63 bits per heavy atom. The van der Waals surface area contributed by atoms with E-state index in [1.165, 1.54) is 31.9 Å². The first-order chi connectivity index (χ1) is 9.00. The van der Waals surface area contributed by atoms with Crippen molar-refractivity contribution in [2.24, 2.45) is 0 Å². The molecule has 0 unspecified atom stereocenters. The summed E-state index contributed by atoms with van der Waals surface area (Å²) in [7, 11) is -3.00. The van der Waals surface area contributed by atoms with Crippen LogP contribution in [0.5, 0.6) is 0 Å². The van der Waals surface area contributed by atoms with Crippen molar-refractivity contribution < 1.29 is 8.42 Å². The summed E-state index contributed by atoms with van der Waals surface area (Å²) >= 11 is 0. The Bertz CT molecular complexity index is 369. The van der Waals surface area contributed by atoms with Crippen LogP contribution in [-0.2, 0) is 10.0 Å². The van der Waals surface area contributed by atoms with Gasteiger partial charge in [0.05, 0.1) is 6.26 Å². The molecule has 0 spiro atoms. The topological polar surface area (TPSA) is 52.6 Å². The third-order valence-electron chi connectivity index (χ3n) is 4.45. The molecule has 0 atom stereocenters. The lowest BCUT2D eigenvalue weighted by molar-refractivity contribution is 0.104. The van der Waals surface area contributed by atoms with Crippen LogP contribution in [0.4, 0.5) is 0 Å². The molecule has 6 heteroatoms. The molecule has 0 aromatic carbocycles. The molecule has 19 heavy (non-hydrogen) atoms. The first kappa shape index (κ1) is 15.2. The van der Waals surface area contributed by atoms with E-state index in [0.717, 1.165) is 19.6 Å². The van der Waals surface area contributed by atoms with Crippen LogP contribution in [0.3, 0.4) is 0 Å². The normalized spacial score (nSPS) is 31.5. The highest BCUT2D eigenvalue weighted by Gasteiger charge is 2.30. The lowest BCUT2D eigenvalue weighted by atomic mass is 9.90. The first-order valence-electron chi connectivity index (χ1n) is 7.43. The van der Waals surface area contributed by atoms with Crippen LogP contribution in [0, 0.1) is 0 Å². The molecule has 0 amide bonds. The monoisotopic (exact) mass is 289 g/mol. The second-order valence-electron chi connectivity index (χ2n) is 5.76. The van der Waals surface area contributed by atoms with E-state index in [1.807, 2.05) is 0 Å². The van der Waals surface area contributed by atoms with Gasteiger partial charge in [-0.1, -0.05) is 6.92 Å². The Kier molecular flexibility index (Phi) is 5.22. The van der Waals surface area contributed by atoms with E-state index in [1.54, 1.807) is 4.31 Å². The maximum atomic E-state index is 11.5. The highest BCUT2D eigenvalue weighted by Crippen LogP contribution is 2.24. The van der Waals surface area contributed by atoms with Gasteiger partial charge in [0.25, 0.3) is 0 Å². The summed E-state index contributed by atoms with van der Waals surface area (Å²) < 4.78 is 24.6. The third-order valence-corrected chi connectivity index (χ3v) is 5.75. The molecule has 1 saturated heterocycles. The zero-order chi connectivity index (χ0) is 13.9. The largest absolute Gasteiger partial charge is 0.314 e. The van der Waals surface area contributed by atoms with Crippen LogP contribution in [0.25, 0.3) is 0 Å². The lowest BCUT2D eigenvalue weighted by Crippen LogP contribution is -2.53. The number of rotatable bonds is 4. The van der Waals surface area contributed by atoms with Crippen LogP contribution in [0.15, 0.2) is 0 Å². The van der Waals surface area contributed by atoms with Crippen LogP contribution in [0.2, 0.25) is 0 Å². The molecule has 2 aliphatic rings. The molecule has 112 valence electrons. The smallest absolute Gasteiger partial charge is 0.211 e. The summed E-state index contributed by atoms with van der Waals surface area (Å²) in [6, 6.07) is 1.36. The Morgan fingerprint density at radius 3 is 2.11 bits per heavy atom. The van der Waals surface area contributed by atoms with Crippen molar-refractivity contribution in [3.05, 3.63) is 0 Å². The minimum atomic E-state index is -3.00. The number of hydrogen-bond acceptors (Lipinski definition) is 4.